The van der Waals surface area contributed by atoms with Crippen LogP contribution in [0.2, 0.25) is 0 Å². The smallest absolute Gasteiger partial charge is 0.416 e. The Hall–Kier alpha value is -3.59. The molecule has 0 amide bonds. The van der Waals surface area contributed by atoms with Crippen molar-refractivity contribution in [1.82, 2.24) is 14.5 Å². The van der Waals surface area contributed by atoms with Crippen LogP contribution in [0.4, 0.5) is 32.2 Å². The van der Waals surface area contributed by atoms with Gasteiger partial charge in [-0.25, -0.2) is 8.42 Å². The highest BCUT2D eigenvalue weighted by Gasteiger charge is 2.39. The molecule has 1 aliphatic rings. The third-order valence-corrected chi connectivity index (χ3v) is 7.97. The maximum Gasteiger partial charge on any atom is 0.416 e. The largest absolute Gasteiger partial charge is 0.497 e. The SMILES string of the molecule is COc1ccc(OC)c(-c2ccc(N3CCN(S(=O)(=O)c4cc(C(F)(F)F)cc(C(F)(F)F)c4)CC3)nn2)c1. The normalized spacial score (nSPS) is 15.3. The summed E-state index contributed by atoms with van der Waals surface area (Å²) in [5.41, 5.74) is -2.28. The van der Waals surface area contributed by atoms with Crippen molar-refractivity contribution in [3.63, 3.8) is 0 Å². The lowest BCUT2D eigenvalue weighted by Crippen LogP contribution is -2.49. The molecule has 210 valence electrons. The number of hydrogen-bond acceptors (Lipinski definition) is 7. The van der Waals surface area contributed by atoms with Crippen molar-refractivity contribution in [2.75, 3.05) is 45.3 Å². The predicted octanol–water partition coefficient (Wildman–Crippen LogP) is 4.71. The molecule has 0 N–H and O–H groups in total. The molecule has 3 aromatic rings. The first-order valence-corrected chi connectivity index (χ1v) is 12.8. The van der Waals surface area contributed by atoms with Crippen LogP contribution in [0.1, 0.15) is 11.1 Å². The van der Waals surface area contributed by atoms with Gasteiger partial charge in [0.05, 0.1) is 35.9 Å². The first kappa shape index (κ1) is 28.4. The second-order valence-corrected chi connectivity index (χ2v) is 10.4. The first-order valence-electron chi connectivity index (χ1n) is 11.3. The number of ether oxygens (including phenoxy) is 2. The van der Waals surface area contributed by atoms with Crippen LogP contribution in [0.25, 0.3) is 11.3 Å². The highest BCUT2D eigenvalue weighted by Crippen LogP contribution is 2.38. The van der Waals surface area contributed by atoms with Crippen molar-refractivity contribution in [3.8, 4) is 22.8 Å². The predicted molar refractivity (Wildman–Crippen MR) is 128 cm³/mol. The Morgan fingerprint density at radius 3 is 1.87 bits per heavy atom. The number of nitrogens with zero attached hydrogens (tertiary/aromatic N) is 4. The lowest BCUT2D eigenvalue weighted by atomic mass is 10.1. The standard InChI is InChI=1S/C24H22F6N4O4S/c1-37-17-3-5-21(38-2)19(14-17)20-4-6-22(32-31-20)33-7-9-34(10-8-33)39(35,36)18-12-15(23(25,26)27)11-16(13-18)24(28,29)30/h3-6,11-14H,7-10H2,1-2H3. The van der Waals surface area contributed by atoms with Crippen LogP contribution in [0, 0.1) is 0 Å². The van der Waals surface area contributed by atoms with Gasteiger partial charge in [0.2, 0.25) is 10.0 Å². The van der Waals surface area contributed by atoms with Crippen LogP contribution in [0.5, 0.6) is 11.5 Å². The molecule has 4 rings (SSSR count). The van der Waals surface area contributed by atoms with Gasteiger partial charge in [-0.05, 0) is 48.5 Å². The lowest BCUT2D eigenvalue weighted by molar-refractivity contribution is -0.143. The van der Waals surface area contributed by atoms with Crippen molar-refractivity contribution >= 4 is 15.8 Å². The molecule has 0 saturated carbocycles. The number of halogens is 6. The number of rotatable bonds is 6. The van der Waals surface area contributed by atoms with E-state index >= 15 is 0 Å². The number of methoxy groups -OCH3 is 2. The number of hydrogen-bond donors (Lipinski definition) is 0. The minimum Gasteiger partial charge on any atom is -0.497 e. The zero-order valence-electron chi connectivity index (χ0n) is 20.5. The van der Waals surface area contributed by atoms with E-state index in [9.17, 15) is 34.8 Å². The van der Waals surface area contributed by atoms with Crippen LogP contribution >= 0.6 is 0 Å². The minimum atomic E-state index is -5.16. The second-order valence-electron chi connectivity index (χ2n) is 8.48. The first-order chi connectivity index (χ1) is 18.2. The summed E-state index contributed by atoms with van der Waals surface area (Å²) in [4.78, 5) is 0.633. The van der Waals surface area contributed by atoms with Crippen molar-refractivity contribution in [2.24, 2.45) is 0 Å². The molecule has 0 bridgehead atoms. The number of sulfonamides is 1. The summed E-state index contributed by atoms with van der Waals surface area (Å²) >= 11 is 0. The van der Waals surface area contributed by atoms with E-state index < -0.39 is 38.4 Å². The topological polar surface area (TPSA) is 84.9 Å². The van der Waals surface area contributed by atoms with Crippen molar-refractivity contribution in [1.29, 1.82) is 0 Å². The zero-order valence-corrected chi connectivity index (χ0v) is 21.4. The molecule has 1 aromatic heterocycles. The Balaban J connectivity index is 1.52. The van der Waals surface area contributed by atoms with E-state index in [0.717, 1.165) is 4.31 Å². The molecule has 2 heterocycles. The molecular formula is C24H22F6N4O4S. The Morgan fingerprint density at radius 1 is 0.769 bits per heavy atom. The molecule has 2 aromatic carbocycles. The Labute approximate surface area is 219 Å². The Bertz CT molecular complexity index is 1410. The van der Waals surface area contributed by atoms with Gasteiger partial charge < -0.3 is 14.4 Å². The average Bonchev–Trinajstić information content (AvgIpc) is 2.91. The van der Waals surface area contributed by atoms with Crippen LogP contribution in [-0.2, 0) is 22.4 Å². The van der Waals surface area contributed by atoms with Crippen LogP contribution < -0.4 is 14.4 Å². The maximum absolute atomic E-state index is 13.2. The van der Waals surface area contributed by atoms with Gasteiger partial charge in [-0.3, -0.25) is 0 Å². The average molecular weight is 577 g/mol. The van der Waals surface area contributed by atoms with Gasteiger partial charge in [-0.1, -0.05) is 0 Å². The highest BCUT2D eigenvalue weighted by atomic mass is 32.2. The summed E-state index contributed by atoms with van der Waals surface area (Å²) in [6, 6.07) is 8.83. The summed E-state index contributed by atoms with van der Waals surface area (Å²) in [7, 11) is -1.63. The van der Waals surface area contributed by atoms with Gasteiger partial charge in [0.25, 0.3) is 0 Å². The summed E-state index contributed by atoms with van der Waals surface area (Å²) < 4.78 is 117. The fourth-order valence-corrected chi connectivity index (χ4v) is 5.53. The van der Waals surface area contributed by atoms with Crippen LogP contribution in [0.3, 0.4) is 0 Å². The second kappa shape index (κ2) is 10.5. The monoisotopic (exact) mass is 576 g/mol. The van der Waals surface area contributed by atoms with Crippen LogP contribution in [0.15, 0.2) is 53.4 Å². The number of benzene rings is 2. The van der Waals surface area contributed by atoms with Crippen LogP contribution in [-0.4, -0.2) is 63.3 Å². The maximum atomic E-state index is 13.2. The Morgan fingerprint density at radius 2 is 1.38 bits per heavy atom. The van der Waals surface area contributed by atoms with Gasteiger partial charge in [0, 0.05) is 31.7 Å². The number of anilines is 1. The third kappa shape index (κ3) is 6.03. The van der Waals surface area contributed by atoms with E-state index in [1.165, 1.54) is 14.2 Å². The fraction of sp³-hybridized carbons (Fsp3) is 0.333. The van der Waals surface area contributed by atoms with E-state index in [4.69, 9.17) is 9.47 Å². The van der Waals surface area contributed by atoms with Gasteiger partial charge in [-0.2, -0.15) is 30.6 Å². The molecule has 8 nitrogen and oxygen atoms in total. The van der Waals surface area contributed by atoms with E-state index in [1.54, 1.807) is 35.2 Å². The molecule has 1 aliphatic heterocycles. The molecule has 0 spiro atoms. The lowest BCUT2D eigenvalue weighted by Gasteiger charge is -2.34. The van der Waals surface area contributed by atoms with Crippen molar-refractivity contribution < 1.29 is 44.2 Å². The third-order valence-electron chi connectivity index (χ3n) is 6.09. The van der Waals surface area contributed by atoms with E-state index in [0.29, 0.717) is 28.6 Å². The van der Waals surface area contributed by atoms with E-state index in [2.05, 4.69) is 10.2 Å². The molecule has 0 radical (unpaired) electrons. The highest BCUT2D eigenvalue weighted by molar-refractivity contribution is 7.89. The molecule has 0 atom stereocenters. The number of piperazine rings is 1. The molecule has 1 saturated heterocycles. The molecular weight excluding hydrogens is 554 g/mol. The van der Waals surface area contributed by atoms with Crippen molar-refractivity contribution in [3.05, 3.63) is 59.7 Å². The summed E-state index contributed by atoms with van der Waals surface area (Å²) in [5.74, 6) is 1.54. The number of aromatic nitrogens is 2. The van der Waals surface area contributed by atoms with Gasteiger partial charge in [-0.15, -0.1) is 10.2 Å². The summed E-state index contributed by atoms with van der Waals surface area (Å²) in [5, 5.41) is 8.41. The van der Waals surface area contributed by atoms with Gasteiger partial charge >= 0.3 is 12.4 Å². The molecule has 0 unspecified atom stereocenters. The zero-order chi connectivity index (χ0) is 28.6. The molecule has 0 aliphatic carbocycles. The summed E-state index contributed by atoms with van der Waals surface area (Å²) in [6.07, 6.45) is -10.3. The fourth-order valence-electron chi connectivity index (χ4n) is 4.03. The van der Waals surface area contributed by atoms with E-state index in [1.807, 2.05) is 0 Å². The summed E-state index contributed by atoms with van der Waals surface area (Å²) in [6.45, 7) is -0.207. The quantitative estimate of drug-likeness (QED) is 0.393. The molecule has 1 fully saturated rings. The number of alkyl halides is 6. The van der Waals surface area contributed by atoms with Gasteiger partial charge in [0.15, 0.2) is 5.82 Å². The molecule has 39 heavy (non-hydrogen) atoms. The minimum absolute atomic E-state index is 0.0842. The van der Waals surface area contributed by atoms with Crippen molar-refractivity contribution in [2.45, 2.75) is 17.2 Å². The Kier molecular flexibility index (Phi) is 7.67. The molecule has 15 heteroatoms. The van der Waals surface area contributed by atoms with Gasteiger partial charge in [0.1, 0.15) is 11.5 Å². The van der Waals surface area contributed by atoms with E-state index in [-0.39, 0.29) is 44.4 Å².